The molecule has 0 bridgehead atoms. The van der Waals surface area contributed by atoms with Crippen LogP contribution in [-0.4, -0.2) is 17.9 Å². The quantitative estimate of drug-likeness (QED) is 0.340. The van der Waals surface area contributed by atoms with Crippen molar-refractivity contribution in [2.75, 3.05) is 12.8 Å². The molecule has 0 heterocycles. The molecule has 1 unspecified atom stereocenters. The van der Waals surface area contributed by atoms with E-state index in [1.807, 2.05) is 0 Å². The van der Waals surface area contributed by atoms with Crippen molar-refractivity contribution in [1.82, 2.24) is 0 Å². The molecule has 0 saturated heterocycles. The number of aliphatic hydroxyl groups excluding tert-OH is 1. The van der Waals surface area contributed by atoms with Gasteiger partial charge in [0.2, 0.25) is 0 Å². The van der Waals surface area contributed by atoms with E-state index in [1.165, 1.54) is 0 Å². The summed E-state index contributed by atoms with van der Waals surface area (Å²) in [6.45, 7) is 0.332. The summed E-state index contributed by atoms with van der Waals surface area (Å²) in [6, 6.07) is 0. The van der Waals surface area contributed by atoms with Crippen LogP contribution in [0.15, 0.2) is 0 Å². The minimum Gasteiger partial charge on any atom is -0.396 e. The van der Waals surface area contributed by atoms with Crippen molar-refractivity contribution in [2.45, 2.75) is 12.8 Å². The molecule has 1 atom stereocenters. The maximum Gasteiger partial charge on any atom is 0.0431 e. The highest BCUT2D eigenvalue weighted by atomic mass is 32.7. The maximum atomic E-state index is 8.27. The lowest BCUT2D eigenvalue weighted by Gasteiger charge is -1.90. The average molecular weight is 138 g/mol. The van der Waals surface area contributed by atoms with E-state index < -0.39 is 0 Å². The standard InChI is InChI=1S/C4H11OPS/c5-3-1-2-4-6-7/h5-7H,1-4H2. The van der Waals surface area contributed by atoms with Gasteiger partial charge >= 0.3 is 0 Å². The Labute approximate surface area is 51.4 Å². The van der Waals surface area contributed by atoms with Gasteiger partial charge in [0.05, 0.1) is 0 Å². The Hall–Kier alpha value is 0.740. The van der Waals surface area contributed by atoms with Gasteiger partial charge in [-0.05, 0) is 19.0 Å². The lowest BCUT2D eigenvalue weighted by molar-refractivity contribution is 0.287. The number of rotatable bonds is 4. The molecule has 0 spiro atoms. The molecule has 0 amide bonds. The summed E-state index contributed by atoms with van der Waals surface area (Å²) < 4.78 is 0. The number of hydrogen-bond donors (Lipinski definition) is 2. The first-order valence-electron chi connectivity index (χ1n) is 2.39. The van der Waals surface area contributed by atoms with E-state index in [9.17, 15) is 0 Å². The van der Waals surface area contributed by atoms with Gasteiger partial charge < -0.3 is 5.11 Å². The van der Waals surface area contributed by atoms with Gasteiger partial charge in [-0.1, -0.05) is 7.78 Å². The predicted molar refractivity (Wildman–Crippen MR) is 38.5 cm³/mol. The summed E-state index contributed by atoms with van der Waals surface area (Å²) in [5.41, 5.74) is 0. The summed E-state index contributed by atoms with van der Waals surface area (Å²) >= 11 is 4.04. The third-order valence-corrected chi connectivity index (χ3v) is 1.94. The largest absolute Gasteiger partial charge is 0.396 e. The molecular formula is C4H11OPS. The number of aliphatic hydroxyl groups is 1. The molecule has 3 heteroatoms. The van der Waals surface area contributed by atoms with Crippen molar-refractivity contribution in [3.63, 3.8) is 0 Å². The Kier molecular flexibility index (Phi) is 7.45. The smallest absolute Gasteiger partial charge is 0.0431 e. The molecule has 0 fully saturated rings. The van der Waals surface area contributed by atoms with Gasteiger partial charge in [-0.15, -0.1) is 0 Å². The minimum absolute atomic E-state index is 0.332. The summed E-state index contributed by atoms with van der Waals surface area (Å²) in [6.07, 6.45) is 3.22. The van der Waals surface area contributed by atoms with Crippen molar-refractivity contribution < 1.29 is 5.11 Å². The molecule has 1 N–H and O–H groups in total. The topological polar surface area (TPSA) is 20.2 Å². The SMILES string of the molecule is OCCCCPS. The second kappa shape index (κ2) is 6.74. The Morgan fingerprint density at radius 2 is 2.14 bits per heavy atom. The van der Waals surface area contributed by atoms with E-state index >= 15 is 0 Å². The molecule has 0 radical (unpaired) electrons. The molecule has 0 aliphatic heterocycles. The summed E-state index contributed by atoms with van der Waals surface area (Å²) in [5.74, 6) is 0. The van der Waals surface area contributed by atoms with Crippen molar-refractivity contribution in [3.05, 3.63) is 0 Å². The van der Waals surface area contributed by atoms with Gasteiger partial charge in [0, 0.05) is 6.61 Å². The number of hydrogen-bond acceptors (Lipinski definition) is 2. The first-order chi connectivity index (χ1) is 3.41. The molecule has 44 valence electrons. The Morgan fingerprint density at radius 3 is 2.57 bits per heavy atom. The minimum atomic E-state index is 0.332. The fourth-order valence-corrected chi connectivity index (χ4v) is 1.20. The van der Waals surface area contributed by atoms with Crippen LogP contribution in [0.25, 0.3) is 0 Å². The van der Waals surface area contributed by atoms with Gasteiger partial charge in [0.25, 0.3) is 0 Å². The monoisotopic (exact) mass is 138 g/mol. The van der Waals surface area contributed by atoms with Crippen molar-refractivity contribution >= 4 is 20.0 Å². The van der Waals surface area contributed by atoms with E-state index in [0.29, 0.717) is 6.61 Å². The summed E-state index contributed by atoms with van der Waals surface area (Å²) in [7, 11) is 0.751. The van der Waals surface area contributed by atoms with Crippen LogP contribution >= 0.6 is 20.0 Å². The third-order valence-electron chi connectivity index (χ3n) is 0.697. The highest BCUT2D eigenvalue weighted by molar-refractivity contribution is 8.38. The van der Waals surface area contributed by atoms with Crippen molar-refractivity contribution in [1.29, 1.82) is 0 Å². The number of thiol groups is 1. The first kappa shape index (κ1) is 7.74. The molecule has 0 aromatic heterocycles. The average Bonchev–Trinajstić information content (AvgIpc) is 1.69. The van der Waals surface area contributed by atoms with Gasteiger partial charge in [0.15, 0.2) is 0 Å². The molecule has 0 rings (SSSR count). The van der Waals surface area contributed by atoms with Crippen LogP contribution in [0, 0.1) is 0 Å². The predicted octanol–water partition coefficient (Wildman–Crippen LogP) is 1.28. The Balaban J connectivity index is 2.45. The first-order valence-corrected chi connectivity index (χ1v) is 4.89. The van der Waals surface area contributed by atoms with E-state index in [0.717, 1.165) is 26.8 Å². The van der Waals surface area contributed by atoms with E-state index in [4.69, 9.17) is 5.11 Å². The van der Waals surface area contributed by atoms with E-state index in [-0.39, 0.29) is 0 Å². The lowest BCUT2D eigenvalue weighted by atomic mass is 10.4. The molecule has 0 aliphatic rings. The van der Waals surface area contributed by atoms with Crippen LogP contribution in [0.3, 0.4) is 0 Å². The molecule has 0 aliphatic carbocycles. The number of unbranched alkanes of at least 4 members (excludes halogenated alkanes) is 1. The van der Waals surface area contributed by atoms with Crippen LogP contribution in [0.4, 0.5) is 0 Å². The maximum absolute atomic E-state index is 8.27. The molecule has 0 saturated carbocycles. The van der Waals surface area contributed by atoms with Crippen LogP contribution in [0.2, 0.25) is 0 Å². The zero-order valence-corrected chi connectivity index (χ0v) is 6.12. The van der Waals surface area contributed by atoms with Gasteiger partial charge in [-0.3, -0.25) is 0 Å². The van der Waals surface area contributed by atoms with Crippen molar-refractivity contribution in [3.8, 4) is 0 Å². The summed E-state index contributed by atoms with van der Waals surface area (Å²) in [4.78, 5) is 0. The van der Waals surface area contributed by atoms with Crippen LogP contribution in [0.1, 0.15) is 12.8 Å². The lowest BCUT2D eigenvalue weighted by Crippen LogP contribution is -1.81. The van der Waals surface area contributed by atoms with Crippen LogP contribution in [0.5, 0.6) is 0 Å². The van der Waals surface area contributed by atoms with Crippen molar-refractivity contribution in [2.24, 2.45) is 0 Å². The fraction of sp³-hybridized carbons (Fsp3) is 1.00. The molecule has 0 aromatic carbocycles. The highest BCUT2D eigenvalue weighted by Crippen LogP contribution is 2.15. The Morgan fingerprint density at radius 1 is 1.43 bits per heavy atom. The van der Waals surface area contributed by atoms with Gasteiger partial charge in [0.1, 0.15) is 0 Å². The third kappa shape index (κ3) is 6.74. The van der Waals surface area contributed by atoms with E-state index in [2.05, 4.69) is 12.2 Å². The highest BCUT2D eigenvalue weighted by Gasteiger charge is 1.81. The Bertz CT molecular complexity index is 30.9. The van der Waals surface area contributed by atoms with Crippen LogP contribution in [-0.2, 0) is 0 Å². The molecule has 1 nitrogen and oxygen atoms in total. The molecule has 0 aromatic rings. The molecular weight excluding hydrogens is 127 g/mol. The normalized spacial score (nSPS) is 11.1. The second-order valence-corrected chi connectivity index (χ2v) is 3.10. The zero-order valence-electron chi connectivity index (χ0n) is 4.22. The van der Waals surface area contributed by atoms with E-state index in [1.54, 1.807) is 0 Å². The fourth-order valence-electron chi connectivity index (χ4n) is 0.316. The molecule has 7 heavy (non-hydrogen) atoms. The zero-order chi connectivity index (χ0) is 5.54. The van der Waals surface area contributed by atoms with Gasteiger partial charge in [-0.25, -0.2) is 0 Å². The van der Waals surface area contributed by atoms with Gasteiger partial charge in [-0.2, -0.15) is 12.2 Å². The second-order valence-electron chi connectivity index (χ2n) is 1.34. The summed E-state index contributed by atoms with van der Waals surface area (Å²) in [5, 5.41) is 8.27. The van der Waals surface area contributed by atoms with Crippen LogP contribution < -0.4 is 0 Å².